The summed E-state index contributed by atoms with van der Waals surface area (Å²) in [5.41, 5.74) is 0. The van der Waals surface area contributed by atoms with Gasteiger partial charge in [0.1, 0.15) is 5.75 Å². The number of hydrogen-bond donors (Lipinski definition) is 2. The van der Waals surface area contributed by atoms with Crippen LogP contribution < -0.4 is 9.46 Å². The van der Waals surface area contributed by atoms with Crippen molar-refractivity contribution in [2.75, 3.05) is 26.7 Å². The molecule has 126 valence electrons. The minimum atomic E-state index is -3.68. The molecule has 1 atom stereocenters. The van der Waals surface area contributed by atoms with Crippen LogP contribution in [0.3, 0.4) is 0 Å². The second-order valence-corrected chi connectivity index (χ2v) is 6.92. The van der Waals surface area contributed by atoms with Gasteiger partial charge in [-0.05, 0) is 24.3 Å². The van der Waals surface area contributed by atoms with Gasteiger partial charge >= 0.3 is 5.97 Å². The predicted octanol–water partition coefficient (Wildman–Crippen LogP) is -0.0934. The highest BCUT2D eigenvalue weighted by molar-refractivity contribution is 7.89. The maximum Gasteiger partial charge on any atom is 0.308 e. The number of amides is 1. The molecule has 2 rings (SSSR count). The summed E-state index contributed by atoms with van der Waals surface area (Å²) in [6, 6.07) is 5.91. The fourth-order valence-electron chi connectivity index (χ4n) is 2.31. The lowest BCUT2D eigenvalue weighted by Crippen LogP contribution is -2.36. The van der Waals surface area contributed by atoms with E-state index in [0.29, 0.717) is 5.75 Å². The molecule has 23 heavy (non-hydrogen) atoms. The van der Waals surface area contributed by atoms with Gasteiger partial charge in [0.2, 0.25) is 15.9 Å². The molecule has 1 aliphatic heterocycles. The predicted molar refractivity (Wildman–Crippen MR) is 80.5 cm³/mol. The van der Waals surface area contributed by atoms with Crippen LogP contribution in [-0.2, 0) is 19.6 Å². The molecular weight excluding hydrogens is 324 g/mol. The maximum atomic E-state index is 12.1. The number of aliphatic carboxylic acids is 1. The van der Waals surface area contributed by atoms with Gasteiger partial charge in [0.25, 0.3) is 0 Å². The molecule has 1 saturated heterocycles. The number of hydrogen-bond acceptors (Lipinski definition) is 5. The summed E-state index contributed by atoms with van der Waals surface area (Å²) >= 11 is 0. The number of nitrogens with one attached hydrogen (secondary N) is 1. The summed E-state index contributed by atoms with van der Waals surface area (Å²) in [5, 5.41) is 8.89. The van der Waals surface area contributed by atoms with E-state index in [1.165, 1.54) is 36.3 Å². The van der Waals surface area contributed by atoms with E-state index in [0.717, 1.165) is 0 Å². The fourth-order valence-corrected chi connectivity index (χ4v) is 3.33. The molecule has 0 aliphatic carbocycles. The lowest BCUT2D eigenvalue weighted by Gasteiger charge is -2.16. The highest BCUT2D eigenvalue weighted by Crippen LogP contribution is 2.18. The van der Waals surface area contributed by atoms with Crippen molar-refractivity contribution in [3.05, 3.63) is 24.3 Å². The Bertz CT molecular complexity index is 686. The average Bonchev–Trinajstić information content (AvgIpc) is 2.89. The van der Waals surface area contributed by atoms with Crippen LogP contribution in [0, 0.1) is 5.92 Å². The molecule has 0 unspecified atom stereocenters. The standard InChI is InChI=1S/C14H18N2O6S/c1-22-11-2-4-12(5-3-11)23(20,21)15-6-7-16-9-10(14(18)19)8-13(16)17/h2-5,10,15H,6-9H2,1H3,(H,18,19)/t10-/m0/s1. The average molecular weight is 342 g/mol. The number of likely N-dealkylation sites (tertiary alicyclic amines) is 1. The minimum absolute atomic E-state index is 0.0203. The molecule has 0 saturated carbocycles. The summed E-state index contributed by atoms with van der Waals surface area (Å²) in [6.07, 6.45) is -0.0411. The van der Waals surface area contributed by atoms with Gasteiger partial charge in [-0.15, -0.1) is 0 Å². The van der Waals surface area contributed by atoms with Gasteiger partial charge in [-0.3, -0.25) is 9.59 Å². The zero-order chi connectivity index (χ0) is 17.0. The Hall–Kier alpha value is -2.13. The Balaban J connectivity index is 1.90. The summed E-state index contributed by atoms with van der Waals surface area (Å²) in [5.74, 6) is -1.47. The Morgan fingerprint density at radius 2 is 2.04 bits per heavy atom. The summed E-state index contributed by atoms with van der Waals surface area (Å²) in [6.45, 7) is 0.267. The van der Waals surface area contributed by atoms with Crippen molar-refractivity contribution in [2.45, 2.75) is 11.3 Å². The van der Waals surface area contributed by atoms with Crippen molar-refractivity contribution >= 4 is 21.9 Å². The van der Waals surface area contributed by atoms with E-state index in [9.17, 15) is 18.0 Å². The van der Waals surface area contributed by atoms with E-state index < -0.39 is 21.9 Å². The lowest BCUT2D eigenvalue weighted by atomic mass is 10.1. The van der Waals surface area contributed by atoms with Gasteiger partial charge in [0.05, 0.1) is 17.9 Å². The number of methoxy groups -OCH3 is 1. The SMILES string of the molecule is COc1ccc(S(=O)(=O)NCCN2C[C@@H](C(=O)O)CC2=O)cc1. The molecule has 1 heterocycles. The third-order valence-electron chi connectivity index (χ3n) is 3.61. The molecule has 0 radical (unpaired) electrons. The number of ether oxygens (including phenoxy) is 1. The van der Waals surface area contributed by atoms with Crippen LogP contribution in [0.15, 0.2) is 29.2 Å². The smallest absolute Gasteiger partial charge is 0.308 e. The Labute approximate surface area is 134 Å². The molecular formula is C14H18N2O6S. The molecule has 1 aliphatic rings. The van der Waals surface area contributed by atoms with Gasteiger partial charge in [-0.2, -0.15) is 0 Å². The zero-order valence-corrected chi connectivity index (χ0v) is 13.4. The molecule has 1 amide bonds. The third-order valence-corrected chi connectivity index (χ3v) is 5.08. The molecule has 0 spiro atoms. The first-order valence-corrected chi connectivity index (χ1v) is 8.46. The minimum Gasteiger partial charge on any atom is -0.497 e. The number of carboxylic acid groups (broad SMARTS) is 1. The first-order chi connectivity index (χ1) is 10.8. The first kappa shape index (κ1) is 17.2. The molecule has 9 heteroatoms. The zero-order valence-electron chi connectivity index (χ0n) is 12.6. The Morgan fingerprint density at radius 1 is 1.39 bits per heavy atom. The lowest BCUT2D eigenvalue weighted by molar-refractivity contribution is -0.141. The van der Waals surface area contributed by atoms with Crippen molar-refractivity contribution in [1.29, 1.82) is 0 Å². The number of benzene rings is 1. The number of sulfonamides is 1. The van der Waals surface area contributed by atoms with E-state index in [1.807, 2.05) is 0 Å². The number of nitrogens with zero attached hydrogens (tertiary/aromatic N) is 1. The van der Waals surface area contributed by atoms with Crippen LogP contribution >= 0.6 is 0 Å². The summed E-state index contributed by atoms with van der Waals surface area (Å²) in [7, 11) is -2.20. The van der Waals surface area contributed by atoms with Gasteiger partial charge < -0.3 is 14.7 Å². The second kappa shape index (κ2) is 6.97. The van der Waals surface area contributed by atoms with Gasteiger partial charge in [0, 0.05) is 26.1 Å². The van der Waals surface area contributed by atoms with Crippen LogP contribution in [-0.4, -0.2) is 57.0 Å². The summed E-state index contributed by atoms with van der Waals surface area (Å²) < 4.78 is 31.6. The van der Waals surface area contributed by atoms with E-state index in [4.69, 9.17) is 9.84 Å². The Morgan fingerprint density at radius 3 is 2.57 bits per heavy atom. The first-order valence-electron chi connectivity index (χ1n) is 6.98. The fraction of sp³-hybridized carbons (Fsp3) is 0.429. The van der Waals surface area contributed by atoms with Crippen LogP contribution in [0.4, 0.5) is 0 Å². The van der Waals surface area contributed by atoms with Gasteiger partial charge in [-0.1, -0.05) is 0 Å². The van der Waals surface area contributed by atoms with Crippen molar-refractivity contribution in [3.63, 3.8) is 0 Å². The number of carbonyl (C=O) groups is 2. The summed E-state index contributed by atoms with van der Waals surface area (Å²) in [4.78, 5) is 24.0. The highest BCUT2D eigenvalue weighted by Gasteiger charge is 2.33. The molecule has 2 N–H and O–H groups in total. The van der Waals surface area contributed by atoms with Crippen molar-refractivity contribution in [1.82, 2.24) is 9.62 Å². The maximum absolute atomic E-state index is 12.1. The van der Waals surface area contributed by atoms with Crippen LogP contribution in [0.1, 0.15) is 6.42 Å². The van der Waals surface area contributed by atoms with Gasteiger partial charge in [0.15, 0.2) is 0 Å². The van der Waals surface area contributed by atoms with Crippen molar-refractivity contribution in [2.24, 2.45) is 5.92 Å². The van der Waals surface area contributed by atoms with Gasteiger partial charge in [-0.25, -0.2) is 13.1 Å². The van der Waals surface area contributed by atoms with E-state index in [-0.39, 0.29) is 36.9 Å². The number of rotatable bonds is 7. The molecule has 8 nitrogen and oxygen atoms in total. The third kappa shape index (κ3) is 4.20. The molecule has 1 fully saturated rings. The van der Waals surface area contributed by atoms with Crippen LogP contribution in [0.5, 0.6) is 5.75 Å². The largest absolute Gasteiger partial charge is 0.497 e. The molecule has 1 aromatic carbocycles. The topological polar surface area (TPSA) is 113 Å². The quantitative estimate of drug-likeness (QED) is 0.716. The van der Waals surface area contributed by atoms with Crippen LogP contribution in [0.2, 0.25) is 0 Å². The monoisotopic (exact) mass is 342 g/mol. The molecule has 0 bridgehead atoms. The second-order valence-electron chi connectivity index (χ2n) is 5.15. The van der Waals surface area contributed by atoms with Crippen LogP contribution in [0.25, 0.3) is 0 Å². The molecule has 1 aromatic rings. The van der Waals surface area contributed by atoms with E-state index in [1.54, 1.807) is 0 Å². The van der Waals surface area contributed by atoms with Crippen molar-refractivity contribution in [3.8, 4) is 5.75 Å². The normalized spacial score (nSPS) is 18.2. The number of carbonyl (C=O) groups excluding carboxylic acids is 1. The van der Waals surface area contributed by atoms with E-state index >= 15 is 0 Å². The van der Waals surface area contributed by atoms with Crippen molar-refractivity contribution < 1.29 is 27.9 Å². The Kier molecular flexibility index (Phi) is 5.22. The molecule has 0 aromatic heterocycles. The van der Waals surface area contributed by atoms with E-state index in [2.05, 4.69) is 4.72 Å². The number of carboxylic acids is 1. The highest BCUT2D eigenvalue weighted by atomic mass is 32.2.